The Kier molecular flexibility index (Phi) is 4.60. The molecule has 2 aromatic carbocycles. The van der Waals surface area contributed by atoms with Crippen LogP contribution in [0.2, 0.25) is 0 Å². The molecule has 0 aliphatic carbocycles. The highest BCUT2D eigenvalue weighted by Crippen LogP contribution is 2.31. The molecule has 2 amide bonds. The zero-order valence-electron chi connectivity index (χ0n) is 15.9. The lowest BCUT2D eigenvalue weighted by Gasteiger charge is -2.30. The summed E-state index contributed by atoms with van der Waals surface area (Å²) in [4.78, 5) is 25.9. The van der Waals surface area contributed by atoms with E-state index < -0.39 is 0 Å². The van der Waals surface area contributed by atoms with E-state index in [1.807, 2.05) is 12.1 Å². The number of para-hydroxylation sites is 1. The standard InChI is InChI=1S/C22H25N3O2/c1-3-25-20-7-5-4-6-18(20)19-14-17(8-9-21(19)25)23-22(27)24-12-10-16(11-13-24)15(2)26/h4-9,14,16H,3,10-13H2,1-2H3,(H,23,27). The molecule has 1 aliphatic heterocycles. The third-order valence-electron chi connectivity index (χ3n) is 5.70. The molecule has 27 heavy (non-hydrogen) atoms. The maximum Gasteiger partial charge on any atom is 0.321 e. The average Bonchev–Trinajstić information content (AvgIpc) is 3.01. The molecule has 1 aliphatic rings. The summed E-state index contributed by atoms with van der Waals surface area (Å²) in [6.07, 6.45) is 1.51. The molecule has 2 heterocycles. The fourth-order valence-corrected chi connectivity index (χ4v) is 4.16. The van der Waals surface area contributed by atoms with Crippen molar-refractivity contribution in [3.8, 4) is 0 Å². The fraction of sp³-hybridized carbons (Fsp3) is 0.364. The van der Waals surface area contributed by atoms with Crippen LogP contribution in [0.3, 0.4) is 0 Å². The minimum absolute atomic E-state index is 0.0874. The first-order chi connectivity index (χ1) is 13.1. The van der Waals surface area contributed by atoms with Crippen LogP contribution in [0.1, 0.15) is 26.7 Å². The summed E-state index contributed by atoms with van der Waals surface area (Å²) >= 11 is 0. The normalized spacial score (nSPS) is 15.4. The molecule has 4 rings (SSSR count). The average molecular weight is 363 g/mol. The molecule has 1 saturated heterocycles. The van der Waals surface area contributed by atoms with Gasteiger partial charge in [-0.25, -0.2) is 4.79 Å². The van der Waals surface area contributed by atoms with E-state index in [-0.39, 0.29) is 17.7 Å². The van der Waals surface area contributed by atoms with Crippen molar-refractivity contribution in [3.05, 3.63) is 42.5 Å². The smallest absolute Gasteiger partial charge is 0.321 e. The van der Waals surface area contributed by atoms with Gasteiger partial charge in [-0.1, -0.05) is 18.2 Å². The number of anilines is 1. The van der Waals surface area contributed by atoms with Crippen molar-refractivity contribution < 1.29 is 9.59 Å². The molecule has 0 saturated carbocycles. The maximum absolute atomic E-state index is 12.6. The largest absolute Gasteiger partial charge is 0.341 e. The van der Waals surface area contributed by atoms with E-state index in [9.17, 15) is 9.59 Å². The van der Waals surface area contributed by atoms with E-state index in [1.165, 1.54) is 16.4 Å². The number of ketones is 1. The first-order valence-corrected chi connectivity index (χ1v) is 9.66. The molecule has 5 heteroatoms. The molecular weight excluding hydrogens is 338 g/mol. The van der Waals surface area contributed by atoms with Crippen LogP contribution in [0.25, 0.3) is 21.8 Å². The number of aromatic nitrogens is 1. The number of nitrogens with zero attached hydrogens (tertiary/aromatic N) is 2. The van der Waals surface area contributed by atoms with Gasteiger partial charge < -0.3 is 14.8 Å². The number of urea groups is 1. The van der Waals surface area contributed by atoms with Crippen LogP contribution in [-0.4, -0.2) is 34.4 Å². The summed E-state index contributed by atoms with van der Waals surface area (Å²) in [5.41, 5.74) is 3.20. The summed E-state index contributed by atoms with van der Waals surface area (Å²) in [6, 6.07) is 14.4. The number of nitrogens with one attached hydrogen (secondary N) is 1. The van der Waals surface area contributed by atoms with Crippen LogP contribution in [0, 0.1) is 5.92 Å². The Morgan fingerprint density at radius 3 is 2.44 bits per heavy atom. The van der Waals surface area contributed by atoms with Crippen molar-refractivity contribution in [2.75, 3.05) is 18.4 Å². The second-order valence-electron chi connectivity index (χ2n) is 7.30. The lowest BCUT2D eigenvalue weighted by molar-refractivity contribution is -0.121. The van der Waals surface area contributed by atoms with Gasteiger partial charge in [-0.3, -0.25) is 4.79 Å². The molecule has 140 valence electrons. The van der Waals surface area contributed by atoms with Gasteiger partial charge in [0.25, 0.3) is 0 Å². The van der Waals surface area contributed by atoms with E-state index in [1.54, 1.807) is 11.8 Å². The van der Waals surface area contributed by atoms with Crippen LogP contribution in [0.15, 0.2) is 42.5 Å². The minimum Gasteiger partial charge on any atom is -0.341 e. The number of likely N-dealkylation sites (tertiary alicyclic amines) is 1. The number of hydrogen-bond donors (Lipinski definition) is 1. The Morgan fingerprint density at radius 2 is 1.74 bits per heavy atom. The van der Waals surface area contributed by atoms with Crippen LogP contribution >= 0.6 is 0 Å². The van der Waals surface area contributed by atoms with E-state index in [4.69, 9.17) is 0 Å². The molecule has 5 nitrogen and oxygen atoms in total. The number of aryl methyl sites for hydroxylation is 1. The highest BCUT2D eigenvalue weighted by Gasteiger charge is 2.25. The fourth-order valence-electron chi connectivity index (χ4n) is 4.16. The van der Waals surface area contributed by atoms with Crippen molar-refractivity contribution in [2.24, 2.45) is 5.92 Å². The second kappa shape index (κ2) is 7.06. The first kappa shape index (κ1) is 17.6. The lowest BCUT2D eigenvalue weighted by atomic mass is 9.93. The second-order valence-corrected chi connectivity index (χ2v) is 7.30. The van der Waals surface area contributed by atoms with Crippen LogP contribution in [0.4, 0.5) is 10.5 Å². The summed E-state index contributed by atoms with van der Waals surface area (Å²) in [6.45, 7) is 5.95. The molecule has 1 N–H and O–H groups in total. The van der Waals surface area contributed by atoms with Crippen molar-refractivity contribution in [1.82, 2.24) is 9.47 Å². The summed E-state index contributed by atoms with van der Waals surface area (Å²) in [5, 5.41) is 5.39. The number of piperidine rings is 1. The van der Waals surface area contributed by atoms with Gasteiger partial charge in [0.2, 0.25) is 0 Å². The molecule has 3 aromatic rings. The predicted octanol–water partition coefficient (Wildman–Crippen LogP) is 4.65. The number of carbonyl (C=O) groups excluding carboxylic acids is 2. The molecule has 1 fully saturated rings. The van der Waals surface area contributed by atoms with Gasteiger partial charge in [-0.15, -0.1) is 0 Å². The van der Waals surface area contributed by atoms with Gasteiger partial charge in [0.15, 0.2) is 0 Å². The Balaban J connectivity index is 1.57. The number of fused-ring (bicyclic) bond motifs is 3. The minimum atomic E-state index is -0.0874. The van der Waals surface area contributed by atoms with Crippen molar-refractivity contribution >= 4 is 39.3 Å². The highest BCUT2D eigenvalue weighted by atomic mass is 16.2. The van der Waals surface area contributed by atoms with Gasteiger partial charge in [-0.2, -0.15) is 0 Å². The molecular formula is C22H25N3O2. The number of benzene rings is 2. The lowest BCUT2D eigenvalue weighted by Crippen LogP contribution is -2.42. The van der Waals surface area contributed by atoms with Gasteiger partial charge in [-0.05, 0) is 51.0 Å². The van der Waals surface area contributed by atoms with Crippen LogP contribution < -0.4 is 5.32 Å². The summed E-state index contributed by atoms with van der Waals surface area (Å²) in [7, 11) is 0. The molecule has 0 unspecified atom stereocenters. The third kappa shape index (κ3) is 3.18. The van der Waals surface area contributed by atoms with E-state index in [2.05, 4.69) is 47.1 Å². The molecule has 0 radical (unpaired) electrons. The number of rotatable bonds is 3. The van der Waals surface area contributed by atoms with Crippen LogP contribution in [-0.2, 0) is 11.3 Å². The topological polar surface area (TPSA) is 54.3 Å². The Hall–Kier alpha value is -2.82. The summed E-state index contributed by atoms with van der Waals surface area (Å²) < 4.78 is 2.29. The SMILES string of the molecule is CCn1c2ccccc2c2cc(NC(=O)N3CCC(C(C)=O)CC3)ccc21. The Labute approximate surface area is 158 Å². The van der Waals surface area contributed by atoms with Gasteiger partial charge in [0.1, 0.15) is 5.78 Å². The molecule has 0 atom stereocenters. The van der Waals surface area contributed by atoms with Crippen molar-refractivity contribution in [2.45, 2.75) is 33.2 Å². The van der Waals surface area contributed by atoms with Crippen molar-refractivity contribution in [1.29, 1.82) is 0 Å². The number of Topliss-reactive ketones (excluding diaryl/α,β-unsaturated/α-hetero) is 1. The third-order valence-corrected chi connectivity index (χ3v) is 5.70. The van der Waals surface area contributed by atoms with Crippen LogP contribution in [0.5, 0.6) is 0 Å². The maximum atomic E-state index is 12.6. The zero-order valence-corrected chi connectivity index (χ0v) is 15.9. The van der Waals surface area contributed by atoms with E-state index in [0.29, 0.717) is 13.1 Å². The molecule has 1 aromatic heterocycles. The highest BCUT2D eigenvalue weighted by molar-refractivity contribution is 6.09. The number of carbonyl (C=O) groups is 2. The quantitative estimate of drug-likeness (QED) is 0.736. The number of amides is 2. The van der Waals surface area contributed by atoms with Crippen molar-refractivity contribution in [3.63, 3.8) is 0 Å². The van der Waals surface area contributed by atoms with E-state index >= 15 is 0 Å². The Morgan fingerprint density at radius 1 is 1.04 bits per heavy atom. The zero-order chi connectivity index (χ0) is 19.0. The van der Waals surface area contributed by atoms with E-state index in [0.717, 1.165) is 30.5 Å². The number of hydrogen-bond acceptors (Lipinski definition) is 2. The summed E-state index contributed by atoms with van der Waals surface area (Å²) in [5.74, 6) is 0.332. The first-order valence-electron chi connectivity index (χ1n) is 9.66. The molecule has 0 spiro atoms. The Bertz CT molecular complexity index is 1010. The predicted molar refractivity (Wildman–Crippen MR) is 109 cm³/mol. The monoisotopic (exact) mass is 363 g/mol. The van der Waals surface area contributed by atoms with Gasteiger partial charge in [0.05, 0.1) is 0 Å². The molecule has 0 bridgehead atoms. The van der Waals surface area contributed by atoms with Gasteiger partial charge >= 0.3 is 6.03 Å². The van der Waals surface area contributed by atoms with Gasteiger partial charge in [0, 0.05) is 53.0 Å².